The number of nitrogens with zero attached hydrogens (tertiary/aromatic N) is 1. The minimum Gasteiger partial charge on any atom is -0.506 e. The summed E-state index contributed by atoms with van der Waals surface area (Å²) in [5.41, 5.74) is 0.320. The van der Waals surface area contributed by atoms with Gasteiger partial charge in [-0.25, -0.2) is 0 Å². The number of carbonyl (C=O) groups excluding carboxylic acids is 1. The maximum Gasteiger partial charge on any atom is 0.255 e. The number of likely N-dealkylation sites (tertiary alicyclic amines) is 1. The van der Waals surface area contributed by atoms with E-state index in [1.54, 1.807) is 6.07 Å². The maximum atomic E-state index is 12.1. The number of piperidine rings is 1. The summed E-state index contributed by atoms with van der Waals surface area (Å²) in [6.45, 7) is 3.03. The third-order valence-electron chi connectivity index (χ3n) is 3.54. The highest BCUT2D eigenvalue weighted by Gasteiger charge is 2.18. The fourth-order valence-electron chi connectivity index (χ4n) is 2.30. The number of phenolic OH excluding ortho intramolecular Hbond substituents is 1. The lowest BCUT2D eigenvalue weighted by atomic mass is 10.1. The Hall–Kier alpha value is -0.130. The number of phenols is 1. The van der Waals surface area contributed by atoms with Crippen molar-refractivity contribution in [2.24, 2.45) is 0 Å². The van der Waals surface area contributed by atoms with Crippen molar-refractivity contribution in [2.45, 2.75) is 18.9 Å². The minimum atomic E-state index is -0.249. The monoisotopic (exact) mass is 516 g/mol. The Morgan fingerprint density at radius 3 is 2.67 bits per heavy atom. The molecule has 1 aromatic carbocycles. The second-order valence-corrected chi connectivity index (χ2v) is 7.52. The van der Waals surface area contributed by atoms with E-state index in [-0.39, 0.29) is 17.8 Å². The van der Waals surface area contributed by atoms with Gasteiger partial charge in [0.2, 0.25) is 0 Å². The first-order chi connectivity index (χ1) is 9.97. The average molecular weight is 516 g/mol. The summed E-state index contributed by atoms with van der Waals surface area (Å²) in [5.74, 6) is -0.212. The number of nitrogens with one attached hydrogen (secondary N) is 1. The topological polar surface area (TPSA) is 72.8 Å². The van der Waals surface area contributed by atoms with Crippen LogP contribution in [0.4, 0.5) is 0 Å². The zero-order valence-electron chi connectivity index (χ0n) is 11.5. The molecule has 1 amide bonds. The molecule has 3 N–H and O–H groups in total. The van der Waals surface area contributed by atoms with E-state index in [1.165, 1.54) is 0 Å². The van der Waals surface area contributed by atoms with Crippen LogP contribution in [0.15, 0.2) is 12.1 Å². The van der Waals surface area contributed by atoms with Crippen LogP contribution >= 0.6 is 45.2 Å². The second kappa shape index (κ2) is 7.93. The molecular formula is C14H18I2N2O3. The first-order valence-corrected chi connectivity index (χ1v) is 8.99. The summed E-state index contributed by atoms with van der Waals surface area (Å²) >= 11 is 4.15. The van der Waals surface area contributed by atoms with Crippen molar-refractivity contribution in [3.8, 4) is 5.75 Å². The van der Waals surface area contributed by atoms with E-state index in [1.807, 2.05) is 28.7 Å². The van der Waals surface area contributed by atoms with Crippen molar-refractivity contribution in [3.63, 3.8) is 0 Å². The predicted molar refractivity (Wildman–Crippen MR) is 97.6 cm³/mol. The van der Waals surface area contributed by atoms with Crippen molar-refractivity contribution < 1.29 is 15.0 Å². The fourth-order valence-corrected chi connectivity index (χ4v) is 4.15. The van der Waals surface area contributed by atoms with Crippen LogP contribution in [0.5, 0.6) is 5.75 Å². The van der Waals surface area contributed by atoms with Gasteiger partial charge in [0, 0.05) is 29.7 Å². The van der Waals surface area contributed by atoms with Crippen molar-refractivity contribution in [2.75, 3.05) is 26.2 Å². The lowest BCUT2D eigenvalue weighted by molar-refractivity contribution is 0.0804. The molecule has 1 aromatic rings. The van der Waals surface area contributed by atoms with Crippen molar-refractivity contribution in [1.29, 1.82) is 0 Å². The molecule has 21 heavy (non-hydrogen) atoms. The van der Waals surface area contributed by atoms with Crippen molar-refractivity contribution in [3.05, 3.63) is 24.8 Å². The second-order valence-electron chi connectivity index (χ2n) is 5.11. The quantitative estimate of drug-likeness (QED) is 0.535. The zero-order valence-corrected chi connectivity index (χ0v) is 15.8. The molecule has 7 heteroatoms. The van der Waals surface area contributed by atoms with Gasteiger partial charge >= 0.3 is 0 Å². The first kappa shape index (κ1) is 17.2. The summed E-state index contributed by atoms with van der Waals surface area (Å²) < 4.78 is 1.60. The van der Waals surface area contributed by atoms with Gasteiger partial charge in [-0.15, -0.1) is 0 Å². The zero-order chi connectivity index (χ0) is 15.4. The Labute approximate surface area is 151 Å². The first-order valence-electron chi connectivity index (χ1n) is 6.84. The van der Waals surface area contributed by atoms with Crippen LogP contribution < -0.4 is 5.32 Å². The number of halogens is 2. The molecule has 0 radical (unpaired) electrons. The highest BCUT2D eigenvalue weighted by Crippen LogP contribution is 2.26. The van der Waals surface area contributed by atoms with Gasteiger partial charge < -0.3 is 20.4 Å². The molecule has 0 unspecified atom stereocenters. The molecule has 116 valence electrons. The number of benzene rings is 1. The van der Waals surface area contributed by atoms with Gasteiger partial charge in [0.1, 0.15) is 5.75 Å². The van der Waals surface area contributed by atoms with Gasteiger partial charge in [-0.1, -0.05) is 0 Å². The molecule has 5 nitrogen and oxygen atoms in total. The molecule has 0 bridgehead atoms. The third kappa shape index (κ3) is 4.93. The summed E-state index contributed by atoms with van der Waals surface area (Å²) in [6.07, 6.45) is 1.41. The van der Waals surface area contributed by atoms with Gasteiger partial charge in [-0.05, 0) is 70.2 Å². The number of hydrogen-bond acceptors (Lipinski definition) is 4. The largest absolute Gasteiger partial charge is 0.506 e. The molecule has 1 aliphatic rings. The summed E-state index contributed by atoms with van der Waals surface area (Å²) in [6, 6.07) is 3.51. The lowest BCUT2D eigenvalue weighted by Gasteiger charge is -2.29. The minimum absolute atomic E-state index is 0.0367. The molecular weight excluding hydrogens is 498 g/mol. The van der Waals surface area contributed by atoms with Crippen LogP contribution in [0.3, 0.4) is 0 Å². The molecule has 1 heterocycles. The van der Waals surface area contributed by atoms with Crippen LogP contribution in [-0.2, 0) is 0 Å². The highest BCUT2D eigenvalue weighted by molar-refractivity contribution is 14.1. The van der Waals surface area contributed by atoms with E-state index in [9.17, 15) is 15.0 Å². The van der Waals surface area contributed by atoms with Crippen LogP contribution in [0, 0.1) is 7.14 Å². The van der Waals surface area contributed by atoms with E-state index >= 15 is 0 Å². The molecule has 0 saturated carbocycles. The summed E-state index contributed by atoms with van der Waals surface area (Å²) in [7, 11) is 0. The predicted octanol–water partition coefficient (Wildman–Crippen LogP) is 1.79. The van der Waals surface area contributed by atoms with E-state index in [4.69, 9.17) is 0 Å². The van der Waals surface area contributed by atoms with E-state index in [0.717, 1.165) is 36.0 Å². The molecule has 0 spiro atoms. The van der Waals surface area contributed by atoms with Crippen LogP contribution in [-0.4, -0.2) is 53.3 Å². The molecule has 0 atom stereocenters. The van der Waals surface area contributed by atoms with Crippen LogP contribution in [0.2, 0.25) is 0 Å². The molecule has 2 rings (SSSR count). The Morgan fingerprint density at radius 1 is 1.33 bits per heavy atom. The van der Waals surface area contributed by atoms with Gasteiger partial charge in [0.05, 0.1) is 15.2 Å². The Kier molecular flexibility index (Phi) is 6.51. The molecule has 1 aliphatic heterocycles. The van der Waals surface area contributed by atoms with E-state index in [2.05, 4.69) is 32.8 Å². The number of amides is 1. The SMILES string of the molecule is O=C(NCCN1CCC(O)CC1)c1cc(I)cc(I)c1O. The number of hydrogen-bond donors (Lipinski definition) is 3. The molecule has 0 aliphatic carbocycles. The number of rotatable bonds is 4. The Morgan fingerprint density at radius 2 is 2.00 bits per heavy atom. The third-order valence-corrected chi connectivity index (χ3v) is 4.99. The van der Waals surface area contributed by atoms with Crippen LogP contribution in [0.1, 0.15) is 23.2 Å². The van der Waals surface area contributed by atoms with Crippen molar-refractivity contribution >= 4 is 51.1 Å². The summed E-state index contributed by atoms with van der Waals surface area (Å²) in [4.78, 5) is 14.4. The molecule has 1 saturated heterocycles. The fraction of sp³-hybridized carbons (Fsp3) is 0.500. The standard InChI is InChI=1S/C14H18I2N2O3/c15-9-7-11(13(20)12(16)8-9)14(21)17-3-6-18-4-1-10(19)2-5-18/h7-8,10,19-20H,1-6H2,(H,17,21). The highest BCUT2D eigenvalue weighted by atomic mass is 127. The van der Waals surface area contributed by atoms with E-state index in [0.29, 0.717) is 15.7 Å². The lowest BCUT2D eigenvalue weighted by Crippen LogP contribution is -2.40. The van der Waals surface area contributed by atoms with Gasteiger partial charge in [-0.2, -0.15) is 0 Å². The normalized spacial score (nSPS) is 16.9. The Balaban J connectivity index is 1.85. The van der Waals surface area contributed by atoms with Crippen molar-refractivity contribution in [1.82, 2.24) is 10.2 Å². The maximum absolute atomic E-state index is 12.1. The smallest absolute Gasteiger partial charge is 0.255 e. The number of aliphatic hydroxyl groups excluding tert-OH is 1. The van der Waals surface area contributed by atoms with Gasteiger partial charge in [0.15, 0.2) is 0 Å². The molecule has 0 aromatic heterocycles. The number of aliphatic hydroxyl groups is 1. The average Bonchev–Trinajstić information content (AvgIpc) is 2.44. The van der Waals surface area contributed by atoms with Crippen LogP contribution in [0.25, 0.3) is 0 Å². The summed E-state index contributed by atoms with van der Waals surface area (Å²) in [5, 5.41) is 22.2. The van der Waals surface area contributed by atoms with Gasteiger partial charge in [-0.3, -0.25) is 4.79 Å². The Bertz CT molecular complexity index is 517. The number of carbonyl (C=O) groups is 1. The number of aromatic hydroxyl groups is 1. The van der Waals surface area contributed by atoms with E-state index < -0.39 is 0 Å². The van der Waals surface area contributed by atoms with Gasteiger partial charge in [0.25, 0.3) is 5.91 Å². The molecule has 1 fully saturated rings.